The van der Waals surface area contributed by atoms with Crippen molar-refractivity contribution in [1.82, 2.24) is 9.71 Å². The van der Waals surface area contributed by atoms with Crippen LogP contribution in [0.2, 0.25) is 0 Å². The first kappa shape index (κ1) is 18.9. The number of anilines is 1. The number of nitrogens with zero attached hydrogens (tertiary/aromatic N) is 1. The molecule has 1 aromatic heterocycles. The summed E-state index contributed by atoms with van der Waals surface area (Å²) in [7, 11) is -3.09. The predicted octanol–water partition coefficient (Wildman–Crippen LogP) is 3.66. The molecule has 0 atom stereocenters. The Morgan fingerprint density at radius 1 is 1.08 bits per heavy atom. The van der Waals surface area contributed by atoms with Gasteiger partial charge in [-0.1, -0.05) is 18.2 Å². The van der Waals surface area contributed by atoms with E-state index in [9.17, 15) is 8.42 Å². The van der Waals surface area contributed by atoms with E-state index in [1.54, 1.807) is 13.1 Å². The van der Waals surface area contributed by atoms with Crippen LogP contribution in [0.1, 0.15) is 32.6 Å². The zero-order valence-corrected chi connectivity index (χ0v) is 16.0. The van der Waals surface area contributed by atoms with Crippen LogP contribution >= 0.6 is 0 Å². The highest BCUT2D eigenvalue weighted by atomic mass is 32.2. The minimum absolute atomic E-state index is 0.101. The molecule has 0 amide bonds. The fourth-order valence-corrected chi connectivity index (χ4v) is 4.32. The second-order valence-corrected chi connectivity index (χ2v) is 8.96. The topological polar surface area (TPSA) is 71.1 Å². The molecule has 0 saturated heterocycles. The average Bonchev–Trinajstić information content (AvgIpc) is 2.68. The van der Waals surface area contributed by atoms with Gasteiger partial charge in [0, 0.05) is 30.0 Å². The van der Waals surface area contributed by atoms with E-state index in [-0.39, 0.29) is 11.8 Å². The summed E-state index contributed by atoms with van der Waals surface area (Å²) in [5.41, 5.74) is 3.18. The Kier molecular flexibility index (Phi) is 6.27. The molecule has 1 aliphatic carbocycles. The summed E-state index contributed by atoms with van der Waals surface area (Å²) < 4.78 is 26.2. The molecule has 1 saturated carbocycles. The lowest BCUT2D eigenvalue weighted by Crippen LogP contribution is -2.39. The van der Waals surface area contributed by atoms with Gasteiger partial charge in [0.25, 0.3) is 0 Å². The lowest BCUT2D eigenvalue weighted by atomic mass is 9.86. The molecule has 26 heavy (non-hydrogen) atoms. The van der Waals surface area contributed by atoms with Gasteiger partial charge >= 0.3 is 0 Å². The van der Waals surface area contributed by atoms with E-state index in [4.69, 9.17) is 0 Å². The van der Waals surface area contributed by atoms with E-state index in [1.807, 2.05) is 24.3 Å². The fraction of sp³-hybridized carbons (Fsp3) is 0.450. The van der Waals surface area contributed by atoms with Crippen LogP contribution in [0.3, 0.4) is 0 Å². The van der Waals surface area contributed by atoms with Crippen LogP contribution < -0.4 is 10.0 Å². The number of hydrogen-bond acceptors (Lipinski definition) is 4. The highest BCUT2D eigenvalue weighted by Gasteiger charge is 2.23. The van der Waals surface area contributed by atoms with Gasteiger partial charge in [-0.05, 0) is 62.8 Å². The maximum absolute atomic E-state index is 11.7. The summed E-state index contributed by atoms with van der Waals surface area (Å²) in [6.45, 7) is 2.59. The molecule has 1 aromatic carbocycles. The van der Waals surface area contributed by atoms with Crippen LogP contribution in [-0.2, 0) is 10.0 Å². The Morgan fingerprint density at radius 3 is 2.58 bits per heavy atom. The first-order valence-electron chi connectivity index (χ1n) is 9.31. The summed E-state index contributed by atoms with van der Waals surface area (Å²) >= 11 is 0. The molecule has 1 aliphatic rings. The number of aromatic nitrogens is 1. The highest BCUT2D eigenvalue weighted by Crippen LogP contribution is 2.26. The number of hydrogen-bond donors (Lipinski definition) is 2. The van der Waals surface area contributed by atoms with Gasteiger partial charge < -0.3 is 5.32 Å². The quantitative estimate of drug-likeness (QED) is 0.777. The number of sulfonamides is 1. The van der Waals surface area contributed by atoms with Gasteiger partial charge in [-0.2, -0.15) is 0 Å². The monoisotopic (exact) mass is 373 g/mol. The maximum atomic E-state index is 11.7. The van der Waals surface area contributed by atoms with Crippen molar-refractivity contribution in [1.29, 1.82) is 0 Å². The van der Waals surface area contributed by atoms with Crippen LogP contribution in [0.5, 0.6) is 0 Å². The second-order valence-electron chi connectivity index (χ2n) is 6.92. The summed E-state index contributed by atoms with van der Waals surface area (Å²) in [5, 5.41) is 3.53. The average molecular weight is 374 g/mol. The van der Waals surface area contributed by atoms with Crippen LogP contribution in [0.15, 0.2) is 48.7 Å². The molecule has 3 rings (SSSR count). The predicted molar refractivity (Wildman–Crippen MR) is 107 cm³/mol. The van der Waals surface area contributed by atoms with E-state index in [0.717, 1.165) is 49.2 Å². The molecule has 0 aliphatic heterocycles. The minimum Gasteiger partial charge on any atom is -0.385 e. The van der Waals surface area contributed by atoms with Crippen molar-refractivity contribution in [3.63, 3.8) is 0 Å². The number of benzene rings is 1. The molecule has 6 heteroatoms. The minimum atomic E-state index is -3.09. The van der Waals surface area contributed by atoms with Gasteiger partial charge in [0.2, 0.25) is 10.0 Å². The lowest BCUT2D eigenvalue weighted by molar-refractivity contribution is 0.324. The van der Waals surface area contributed by atoms with Crippen molar-refractivity contribution in [3.8, 4) is 11.3 Å². The molecule has 2 N–H and O–H groups in total. The molecular formula is C20H27N3O2S. The number of rotatable bonds is 7. The molecule has 1 fully saturated rings. The fourth-order valence-electron chi connectivity index (χ4n) is 3.41. The standard InChI is InChI=1S/C20H27N3O2S/c1-2-26(24,25)23-18-11-9-16(10-12-18)15-22-19-7-5-6-17(14-19)20-8-3-4-13-21-20/h3-8,13-14,16,18,22-23H,2,9-12,15H2,1H3. The van der Waals surface area contributed by atoms with Crippen LogP contribution in [0.25, 0.3) is 11.3 Å². The van der Waals surface area contributed by atoms with Crippen LogP contribution in [0, 0.1) is 5.92 Å². The summed E-state index contributed by atoms with van der Waals surface area (Å²) in [4.78, 5) is 4.40. The van der Waals surface area contributed by atoms with Crippen molar-refractivity contribution in [2.24, 2.45) is 5.92 Å². The van der Waals surface area contributed by atoms with Gasteiger partial charge in [-0.25, -0.2) is 13.1 Å². The SMILES string of the molecule is CCS(=O)(=O)NC1CCC(CNc2cccc(-c3ccccn3)c2)CC1. The van der Waals surface area contributed by atoms with Crippen molar-refractivity contribution < 1.29 is 8.42 Å². The zero-order valence-electron chi connectivity index (χ0n) is 15.2. The van der Waals surface area contributed by atoms with Gasteiger partial charge in [-0.3, -0.25) is 4.98 Å². The van der Waals surface area contributed by atoms with E-state index >= 15 is 0 Å². The summed E-state index contributed by atoms with van der Waals surface area (Å²) in [6.07, 6.45) is 5.73. The Morgan fingerprint density at radius 2 is 1.88 bits per heavy atom. The van der Waals surface area contributed by atoms with Crippen molar-refractivity contribution >= 4 is 15.7 Å². The van der Waals surface area contributed by atoms with E-state index in [1.165, 1.54) is 0 Å². The third kappa shape index (κ3) is 5.29. The van der Waals surface area contributed by atoms with Gasteiger partial charge in [0.1, 0.15) is 0 Å². The maximum Gasteiger partial charge on any atom is 0.211 e. The first-order chi connectivity index (χ1) is 12.6. The van der Waals surface area contributed by atoms with Gasteiger partial charge in [0.05, 0.1) is 11.4 Å². The highest BCUT2D eigenvalue weighted by molar-refractivity contribution is 7.89. The first-order valence-corrected chi connectivity index (χ1v) is 11.0. The molecule has 2 aromatic rings. The molecule has 5 nitrogen and oxygen atoms in total. The molecule has 1 heterocycles. The van der Waals surface area contributed by atoms with Crippen molar-refractivity contribution in [2.45, 2.75) is 38.6 Å². The number of nitrogens with one attached hydrogen (secondary N) is 2. The molecule has 0 radical (unpaired) electrons. The Hall–Kier alpha value is -1.92. The van der Waals surface area contributed by atoms with Crippen molar-refractivity contribution in [2.75, 3.05) is 17.6 Å². The van der Waals surface area contributed by atoms with E-state index < -0.39 is 10.0 Å². The molecule has 0 bridgehead atoms. The normalized spacial score (nSPS) is 20.7. The third-order valence-corrected chi connectivity index (χ3v) is 6.44. The largest absolute Gasteiger partial charge is 0.385 e. The Bertz CT molecular complexity index is 801. The van der Waals surface area contributed by atoms with Gasteiger partial charge in [0.15, 0.2) is 0 Å². The van der Waals surface area contributed by atoms with E-state index in [0.29, 0.717) is 5.92 Å². The van der Waals surface area contributed by atoms with Crippen LogP contribution in [0.4, 0.5) is 5.69 Å². The van der Waals surface area contributed by atoms with Crippen LogP contribution in [-0.4, -0.2) is 31.7 Å². The number of pyridine rings is 1. The summed E-state index contributed by atoms with van der Waals surface area (Å²) in [6, 6.07) is 14.3. The Balaban J connectivity index is 1.50. The molecule has 0 unspecified atom stereocenters. The summed E-state index contributed by atoms with van der Waals surface area (Å²) in [5.74, 6) is 0.733. The second kappa shape index (κ2) is 8.64. The zero-order chi connectivity index (χ0) is 18.4. The molecular weight excluding hydrogens is 346 g/mol. The van der Waals surface area contributed by atoms with E-state index in [2.05, 4.69) is 33.2 Å². The molecule has 0 spiro atoms. The smallest absolute Gasteiger partial charge is 0.211 e. The Labute approximate surface area is 156 Å². The van der Waals surface area contributed by atoms with Gasteiger partial charge in [-0.15, -0.1) is 0 Å². The molecule has 140 valence electrons. The van der Waals surface area contributed by atoms with Crippen molar-refractivity contribution in [3.05, 3.63) is 48.7 Å². The third-order valence-electron chi connectivity index (χ3n) is 4.99. The lowest BCUT2D eigenvalue weighted by Gasteiger charge is -2.29.